The van der Waals surface area contributed by atoms with E-state index in [-0.39, 0.29) is 0 Å². The number of anilines is 1. The standard InChI is InChI=1S/C13H20N2OS/c1-3-8-16-9-7-15(2)12-6-4-5-11(10-12)13(14)17/h4-6,10H,3,7-9H2,1-2H3,(H2,14,17). The number of likely N-dealkylation sites (N-methyl/N-ethyl adjacent to an activating group) is 1. The molecule has 0 heterocycles. The van der Waals surface area contributed by atoms with Crippen LogP contribution < -0.4 is 10.6 Å². The Bertz CT molecular complexity index is 368. The first-order chi connectivity index (χ1) is 8.15. The molecule has 4 heteroatoms. The first-order valence-electron chi connectivity index (χ1n) is 5.84. The molecule has 1 rings (SSSR count). The largest absolute Gasteiger partial charge is 0.389 e. The Hall–Kier alpha value is -1.13. The Morgan fingerprint density at radius 3 is 2.82 bits per heavy atom. The summed E-state index contributed by atoms with van der Waals surface area (Å²) in [4.78, 5) is 2.57. The number of benzene rings is 1. The van der Waals surface area contributed by atoms with Gasteiger partial charge in [0, 0.05) is 31.5 Å². The van der Waals surface area contributed by atoms with Gasteiger partial charge in [-0.25, -0.2) is 0 Å². The minimum Gasteiger partial charge on any atom is -0.389 e. The first kappa shape index (κ1) is 13.9. The quantitative estimate of drug-likeness (QED) is 0.596. The van der Waals surface area contributed by atoms with E-state index in [2.05, 4.69) is 11.8 Å². The van der Waals surface area contributed by atoms with Crippen LogP contribution in [0.1, 0.15) is 18.9 Å². The maximum absolute atomic E-state index is 5.61. The lowest BCUT2D eigenvalue weighted by atomic mass is 10.2. The first-order valence-corrected chi connectivity index (χ1v) is 6.24. The maximum Gasteiger partial charge on any atom is 0.104 e. The van der Waals surface area contributed by atoms with Gasteiger partial charge in [0.15, 0.2) is 0 Å². The van der Waals surface area contributed by atoms with Crippen molar-refractivity contribution in [3.05, 3.63) is 29.8 Å². The van der Waals surface area contributed by atoms with E-state index in [0.717, 1.165) is 37.4 Å². The summed E-state index contributed by atoms with van der Waals surface area (Å²) in [5.74, 6) is 0. The SMILES string of the molecule is CCCOCCN(C)c1cccc(C(N)=S)c1. The monoisotopic (exact) mass is 252 g/mol. The molecule has 0 saturated heterocycles. The number of hydrogen-bond donors (Lipinski definition) is 1. The second kappa shape index (κ2) is 7.25. The third-order valence-corrected chi connectivity index (χ3v) is 2.73. The molecular formula is C13H20N2OS. The molecule has 0 radical (unpaired) electrons. The van der Waals surface area contributed by atoms with E-state index >= 15 is 0 Å². The summed E-state index contributed by atoms with van der Waals surface area (Å²) in [6.45, 7) is 4.53. The summed E-state index contributed by atoms with van der Waals surface area (Å²) in [6.07, 6.45) is 1.06. The Labute approximate surface area is 109 Å². The zero-order chi connectivity index (χ0) is 12.7. The molecule has 17 heavy (non-hydrogen) atoms. The third-order valence-electron chi connectivity index (χ3n) is 2.49. The Morgan fingerprint density at radius 2 is 2.18 bits per heavy atom. The lowest BCUT2D eigenvalue weighted by molar-refractivity contribution is 0.141. The van der Waals surface area contributed by atoms with Gasteiger partial charge in [0.25, 0.3) is 0 Å². The van der Waals surface area contributed by atoms with Crippen LogP contribution in [0.3, 0.4) is 0 Å². The minimum absolute atomic E-state index is 0.433. The molecule has 0 unspecified atom stereocenters. The lowest BCUT2D eigenvalue weighted by Gasteiger charge is -2.19. The minimum atomic E-state index is 0.433. The fraction of sp³-hybridized carbons (Fsp3) is 0.462. The van der Waals surface area contributed by atoms with Gasteiger partial charge in [0.2, 0.25) is 0 Å². The van der Waals surface area contributed by atoms with Crippen LogP contribution in [-0.4, -0.2) is 31.8 Å². The van der Waals surface area contributed by atoms with Crippen molar-refractivity contribution in [1.29, 1.82) is 0 Å². The van der Waals surface area contributed by atoms with Gasteiger partial charge in [0.1, 0.15) is 4.99 Å². The van der Waals surface area contributed by atoms with Crippen molar-refractivity contribution in [2.75, 3.05) is 31.7 Å². The second-order valence-electron chi connectivity index (χ2n) is 3.95. The van der Waals surface area contributed by atoms with Crippen LogP contribution in [0.5, 0.6) is 0 Å². The Kier molecular flexibility index (Phi) is 5.94. The van der Waals surface area contributed by atoms with Gasteiger partial charge in [-0.1, -0.05) is 31.3 Å². The van der Waals surface area contributed by atoms with Crippen molar-refractivity contribution in [2.24, 2.45) is 5.73 Å². The number of nitrogens with two attached hydrogens (primary N) is 1. The van der Waals surface area contributed by atoms with Crippen molar-refractivity contribution < 1.29 is 4.74 Å². The molecular weight excluding hydrogens is 232 g/mol. The predicted molar refractivity (Wildman–Crippen MR) is 76.7 cm³/mol. The average molecular weight is 252 g/mol. The number of rotatable bonds is 7. The molecule has 0 aliphatic heterocycles. The lowest BCUT2D eigenvalue weighted by Crippen LogP contribution is -2.23. The third kappa shape index (κ3) is 4.71. The zero-order valence-electron chi connectivity index (χ0n) is 10.5. The Balaban J connectivity index is 2.53. The van der Waals surface area contributed by atoms with Gasteiger partial charge in [-0.15, -0.1) is 0 Å². The van der Waals surface area contributed by atoms with Gasteiger partial charge in [-0.05, 0) is 18.6 Å². The fourth-order valence-electron chi connectivity index (χ4n) is 1.47. The highest BCUT2D eigenvalue weighted by molar-refractivity contribution is 7.80. The van der Waals surface area contributed by atoms with Gasteiger partial charge in [-0.3, -0.25) is 0 Å². The van der Waals surface area contributed by atoms with Crippen LogP contribution in [0, 0.1) is 0 Å². The van der Waals surface area contributed by atoms with Crippen LogP contribution in [0.25, 0.3) is 0 Å². The molecule has 0 saturated carbocycles. The van der Waals surface area contributed by atoms with Gasteiger partial charge < -0.3 is 15.4 Å². The van der Waals surface area contributed by atoms with Crippen LogP contribution in [0.4, 0.5) is 5.69 Å². The average Bonchev–Trinajstić information content (AvgIpc) is 2.34. The van der Waals surface area contributed by atoms with E-state index in [1.54, 1.807) is 0 Å². The highest BCUT2D eigenvalue weighted by Gasteiger charge is 2.03. The van der Waals surface area contributed by atoms with Crippen molar-refractivity contribution in [3.8, 4) is 0 Å². The summed E-state index contributed by atoms with van der Waals surface area (Å²) < 4.78 is 5.46. The molecule has 0 aliphatic carbocycles. The zero-order valence-corrected chi connectivity index (χ0v) is 11.3. The van der Waals surface area contributed by atoms with E-state index in [9.17, 15) is 0 Å². The highest BCUT2D eigenvalue weighted by atomic mass is 32.1. The van der Waals surface area contributed by atoms with Crippen molar-refractivity contribution in [3.63, 3.8) is 0 Å². The summed E-state index contributed by atoms with van der Waals surface area (Å²) in [7, 11) is 2.04. The van der Waals surface area contributed by atoms with Crippen LogP contribution >= 0.6 is 12.2 Å². The van der Waals surface area contributed by atoms with Crippen LogP contribution in [0.2, 0.25) is 0 Å². The Morgan fingerprint density at radius 1 is 1.41 bits per heavy atom. The molecule has 0 bridgehead atoms. The van der Waals surface area contributed by atoms with E-state index in [4.69, 9.17) is 22.7 Å². The molecule has 3 nitrogen and oxygen atoms in total. The van der Waals surface area contributed by atoms with Gasteiger partial charge in [0.05, 0.1) is 6.61 Å². The van der Waals surface area contributed by atoms with Gasteiger partial charge >= 0.3 is 0 Å². The maximum atomic E-state index is 5.61. The van der Waals surface area contributed by atoms with Crippen molar-refractivity contribution in [1.82, 2.24) is 0 Å². The second-order valence-corrected chi connectivity index (χ2v) is 4.39. The molecule has 0 fully saturated rings. The number of nitrogens with zero attached hydrogens (tertiary/aromatic N) is 1. The molecule has 0 aromatic heterocycles. The summed E-state index contributed by atoms with van der Waals surface area (Å²) in [6, 6.07) is 7.93. The predicted octanol–water partition coefficient (Wildman–Crippen LogP) is 2.18. The molecule has 1 aromatic rings. The molecule has 0 atom stereocenters. The summed E-state index contributed by atoms with van der Waals surface area (Å²) in [5.41, 5.74) is 7.62. The smallest absolute Gasteiger partial charge is 0.104 e. The van der Waals surface area contributed by atoms with E-state index in [1.165, 1.54) is 0 Å². The van der Waals surface area contributed by atoms with Crippen molar-refractivity contribution in [2.45, 2.75) is 13.3 Å². The topological polar surface area (TPSA) is 38.5 Å². The molecule has 0 spiro atoms. The summed E-state index contributed by atoms with van der Waals surface area (Å²) in [5, 5.41) is 0. The molecule has 0 aliphatic rings. The molecule has 0 amide bonds. The van der Waals surface area contributed by atoms with Crippen LogP contribution in [-0.2, 0) is 4.74 Å². The van der Waals surface area contributed by atoms with Crippen molar-refractivity contribution >= 4 is 22.9 Å². The number of hydrogen-bond acceptors (Lipinski definition) is 3. The molecule has 1 aromatic carbocycles. The normalized spacial score (nSPS) is 10.2. The molecule has 2 N–H and O–H groups in total. The van der Waals surface area contributed by atoms with E-state index in [1.807, 2.05) is 31.3 Å². The van der Waals surface area contributed by atoms with E-state index < -0.39 is 0 Å². The number of thiocarbonyl (C=S) groups is 1. The number of ether oxygens (including phenoxy) is 1. The van der Waals surface area contributed by atoms with E-state index in [0.29, 0.717) is 4.99 Å². The van der Waals surface area contributed by atoms with Gasteiger partial charge in [-0.2, -0.15) is 0 Å². The summed E-state index contributed by atoms with van der Waals surface area (Å²) >= 11 is 4.96. The fourth-order valence-corrected chi connectivity index (χ4v) is 1.60. The molecule has 94 valence electrons. The highest BCUT2D eigenvalue weighted by Crippen LogP contribution is 2.14. The van der Waals surface area contributed by atoms with Crippen LogP contribution in [0.15, 0.2) is 24.3 Å².